The van der Waals surface area contributed by atoms with E-state index in [1.165, 1.54) is 0 Å². The third kappa shape index (κ3) is 9.04. The fourth-order valence-electron chi connectivity index (χ4n) is 7.75. The number of aliphatic hydroxyl groups is 1. The zero-order valence-corrected chi connectivity index (χ0v) is 35.1. The molecule has 0 spiro atoms. The molecule has 0 unspecified atom stereocenters. The number of rotatable bonds is 14. The van der Waals surface area contributed by atoms with E-state index in [4.69, 9.17) is 24.2 Å². The van der Waals surface area contributed by atoms with E-state index < -0.39 is 17.7 Å². The Morgan fingerprint density at radius 2 is 1.58 bits per heavy atom. The number of carbonyl (C=O) groups excluding carboxylic acids is 3. The number of amides is 2. The molecule has 0 atom stereocenters. The van der Waals surface area contributed by atoms with Crippen LogP contribution in [0.4, 0.5) is 16.3 Å². The molecule has 0 fully saturated rings. The molecule has 3 aromatic heterocycles. The summed E-state index contributed by atoms with van der Waals surface area (Å²) in [5, 5.41) is 23.1. The number of aromatic nitrogens is 6. The maximum atomic E-state index is 13.8. The summed E-state index contributed by atoms with van der Waals surface area (Å²) in [6.07, 6.45) is 0.639. The number of hydrogen-bond donors (Lipinski definition) is 2. The van der Waals surface area contributed by atoms with E-state index in [0.29, 0.717) is 59.7 Å². The van der Waals surface area contributed by atoms with Gasteiger partial charge in [0.05, 0.1) is 41.1 Å². The van der Waals surface area contributed by atoms with Crippen LogP contribution in [0.3, 0.4) is 0 Å². The van der Waals surface area contributed by atoms with Gasteiger partial charge in [-0.05, 0) is 69.0 Å². The highest BCUT2D eigenvalue weighted by Crippen LogP contribution is 2.41. The summed E-state index contributed by atoms with van der Waals surface area (Å²) in [6, 6.07) is 30.0. The van der Waals surface area contributed by atoms with E-state index in [2.05, 4.69) is 15.6 Å². The van der Waals surface area contributed by atoms with Gasteiger partial charge in [0, 0.05) is 43.0 Å². The van der Waals surface area contributed by atoms with E-state index in [9.17, 15) is 19.5 Å². The number of esters is 1. The van der Waals surface area contributed by atoms with Crippen LogP contribution in [0.25, 0.3) is 44.5 Å². The lowest BCUT2D eigenvalue weighted by molar-refractivity contribution is -0.134. The molecule has 4 aromatic carbocycles. The summed E-state index contributed by atoms with van der Waals surface area (Å²) in [4.78, 5) is 51.1. The first-order chi connectivity index (χ1) is 30.0. The normalized spacial score (nSPS) is 12.3. The van der Waals surface area contributed by atoms with E-state index in [1.807, 2.05) is 96.2 Å². The lowest BCUT2D eigenvalue weighted by Crippen LogP contribution is -2.31. The fourth-order valence-corrected chi connectivity index (χ4v) is 7.75. The van der Waals surface area contributed by atoms with Crippen LogP contribution in [0.2, 0.25) is 0 Å². The summed E-state index contributed by atoms with van der Waals surface area (Å²) < 4.78 is 20.5. The molecule has 0 radical (unpaired) electrons. The highest BCUT2D eigenvalue weighted by atomic mass is 16.5. The second-order valence-electron chi connectivity index (χ2n) is 15.8. The number of imidazole rings is 1. The van der Waals surface area contributed by atoms with E-state index in [-0.39, 0.29) is 44.3 Å². The summed E-state index contributed by atoms with van der Waals surface area (Å²) in [5.74, 6) is 0.710. The van der Waals surface area contributed by atoms with Gasteiger partial charge in [0.15, 0.2) is 5.82 Å². The molecule has 2 N–H and O–H groups in total. The fraction of sp³-hybridized carbons (Fsp3) is 0.298. The average molecular weight is 837 g/mol. The number of anilines is 2. The van der Waals surface area contributed by atoms with Crippen molar-refractivity contribution in [2.45, 2.75) is 78.4 Å². The van der Waals surface area contributed by atoms with Gasteiger partial charge in [-0.15, -0.1) is 5.10 Å². The topological polar surface area (TPSA) is 176 Å². The van der Waals surface area contributed by atoms with Gasteiger partial charge in [-0.25, -0.2) is 19.4 Å². The van der Waals surface area contributed by atoms with Crippen molar-refractivity contribution in [3.63, 3.8) is 0 Å². The molecule has 0 bridgehead atoms. The number of pyridine rings is 1. The van der Waals surface area contributed by atoms with E-state index in [0.717, 1.165) is 39.2 Å². The Morgan fingerprint density at radius 1 is 0.855 bits per heavy atom. The molecule has 0 aliphatic carbocycles. The largest absolute Gasteiger partial charge is 0.444 e. The third-order valence-electron chi connectivity index (χ3n) is 10.6. The van der Waals surface area contributed by atoms with E-state index >= 15 is 0 Å². The summed E-state index contributed by atoms with van der Waals surface area (Å²) in [5.41, 5.74) is 6.62. The standard InChI is InChI=1S/C47H48N8O7/c1-5-60-28-38-49-42-44(55(38)29-47(2,3)59)34-16-8-10-18-36(34)48-45(42)50-46(58)61-27-30-22-24-32(25-23-30)62-40(57)21-13-12-20-39(56)54-26-31-14-6-7-15-33(31)41-43(53(4)52-51-41)35-17-9-11-19-37(35)54/h6-11,14-19,22-25,59H,5,12-13,20-21,26-29H2,1-4H3,(H,48,50,58). The first-order valence-corrected chi connectivity index (χ1v) is 20.7. The zero-order chi connectivity index (χ0) is 43.4. The number of ether oxygens (including phenoxy) is 3. The van der Waals surface area contributed by atoms with Crippen LogP contribution in [0.15, 0.2) is 97.1 Å². The number of benzene rings is 4. The van der Waals surface area contributed by atoms with Crippen molar-refractivity contribution < 1.29 is 33.7 Å². The van der Waals surface area contributed by atoms with Gasteiger partial charge in [-0.2, -0.15) is 0 Å². The Hall–Kier alpha value is -6.97. The smallest absolute Gasteiger partial charge is 0.413 e. The average Bonchev–Trinajstić information content (AvgIpc) is 3.81. The lowest BCUT2D eigenvalue weighted by Gasteiger charge is -2.28. The SMILES string of the molecule is CCOCc1nc2c(NC(=O)OCc3ccc(OC(=O)CCCCC(=O)N4Cc5ccccc5-c5nnn(C)c5-c5ccccc54)cc3)nc3ccccc3c2n1CC(C)(C)O. The van der Waals surface area contributed by atoms with Crippen LogP contribution in [0, 0.1) is 0 Å². The molecule has 15 heteroatoms. The van der Waals surface area contributed by atoms with Gasteiger partial charge in [0.2, 0.25) is 5.91 Å². The Labute approximate surface area is 358 Å². The van der Waals surface area contributed by atoms with Crippen LogP contribution >= 0.6 is 0 Å². The van der Waals surface area contributed by atoms with Crippen molar-refractivity contribution in [2.75, 3.05) is 16.8 Å². The van der Waals surface area contributed by atoms with Crippen LogP contribution in [-0.4, -0.2) is 64.8 Å². The van der Waals surface area contributed by atoms with Crippen LogP contribution in [0.1, 0.15) is 63.4 Å². The number of nitrogens with one attached hydrogen (secondary N) is 1. The zero-order valence-electron chi connectivity index (χ0n) is 35.1. The molecule has 1 aliphatic heterocycles. The number of para-hydroxylation sites is 2. The van der Waals surface area contributed by atoms with Gasteiger partial charge in [0.25, 0.3) is 0 Å². The Balaban J connectivity index is 0.851. The molecule has 62 heavy (non-hydrogen) atoms. The van der Waals surface area contributed by atoms with Crippen LogP contribution in [0.5, 0.6) is 5.75 Å². The molecule has 7 aromatic rings. The second-order valence-corrected chi connectivity index (χ2v) is 15.8. The van der Waals surface area contributed by atoms with Crippen molar-refractivity contribution in [2.24, 2.45) is 7.05 Å². The maximum Gasteiger partial charge on any atom is 0.413 e. The third-order valence-corrected chi connectivity index (χ3v) is 10.6. The molecule has 8 rings (SSSR count). The van der Waals surface area contributed by atoms with Crippen molar-refractivity contribution >= 4 is 51.4 Å². The Morgan fingerprint density at radius 3 is 2.37 bits per heavy atom. The molecular weight excluding hydrogens is 789 g/mol. The summed E-state index contributed by atoms with van der Waals surface area (Å²) in [7, 11) is 1.85. The number of hydrogen-bond acceptors (Lipinski definition) is 11. The van der Waals surface area contributed by atoms with Crippen molar-refractivity contribution in [1.29, 1.82) is 0 Å². The molecule has 15 nitrogen and oxygen atoms in total. The first kappa shape index (κ1) is 41.8. The predicted octanol–water partition coefficient (Wildman–Crippen LogP) is 8.12. The van der Waals surface area contributed by atoms with Gasteiger partial charge >= 0.3 is 12.1 Å². The summed E-state index contributed by atoms with van der Waals surface area (Å²) in [6.45, 7) is 6.60. The summed E-state index contributed by atoms with van der Waals surface area (Å²) >= 11 is 0. The molecular formula is C47H48N8O7. The van der Waals surface area contributed by atoms with Gasteiger partial charge in [-0.3, -0.25) is 14.9 Å². The number of fused-ring (bicyclic) bond motifs is 8. The quantitative estimate of drug-likeness (QED) is 0.0615. The van der Waals surface area contributed by atoms with Crippen LogP contribution < -0.4 is 15.0 Å². The minimum atomic E-state index is -1.05. The van der Waals surface area contributed by atoms with Crippen LogP contribution in [-0.2, 0) is 52.4 Å². The number of carbonyl (C=O) groups is 3. The molecule has 0 saturated carbocycles. The first-order valence-electron chi connectivity index (χ1n) is 20.7. The minimum Gasteiger partial charge on any atom is -0.444 e. The van der Waals surface area contributed by atoms with Gasteiger partial charge < -0.3 is 28.8 Å². The lowest BCUT2D eigenvalue weighted by atomic mass is 9.95. The number of nitrogens with zero attached hydrogens (tertiary/aromatic N) is 7. The molecule has 1 aliphatic rings. The van der Waals surface area contributed by atoms with Gasteiger partial charge in [0.1, 0.15) is 36.0 Å². The van der Waals surface area contributed by atoms with Crippen molar-refractivity contribution in [3.8, 4) is 28.3 Å². The highest BCUT2D eigenvalue weighted by molar-refractivity contribution is 6.09. The van der Waals surface area contributed by atoms with E-state index in [1.54, 1.807) is 42.8 Å². The van der Waals surface area contributed by atoms with Crippen molar-refractivity contribution in [3.05, 3.63) is 114 Å². The molecule has 0 saturated heterocycles. The number of unbranched alkanes of at least 4 members (excludes halogenated alkanes) is 1. The Bertz CT molecular complexity index is 2770. The van der Waals surface area contributed by atoms with Crippen molar-refractivity contribution in [1.82, 2.24) is 29.5 Å². The monoisotopic (exact) mass is 836 g/mol. The Kier molecular flexibility index (Phi) is 12.1. The highest BCUT2D eigenvalue weighted by Gasteiger charge is 2.29. The molecule has 4 heterocycles. The maximum absolute atomic E-state index is 13.8. The predicted molar refractivity (Wildman–Crippen MR) is 234 cm³/mol. The minimum absolute atomic E-state index is 0.0444. The number of aryl methyl sites for hydroxylation is 1. The van der Waals surface area contributed by atoms with Gasteiger partial charge in [-0.1, -0.05) is 78.0 Å². The molecule has 2 amide bonds. The second kappa shape index (κ2) is 17.9. The molecule has 318 valence electrons.